The van der Waals surface area contributed by atoms with Gasteiger partial charge < -0.3 is 10.5 Å². The van der Waals surface area contributed by atoms with Crippen LogP contribution in [0.15, 0.2) is 48.7 Å². The van der Waals surface area contributed by atoms with E-state index in [0.29, 0.717) is 5.69 Å². The van der Waals surface area contributed by atoms with Crippen LogP contribution in [0.25, 0.3) is 16.9 Å². The van der Waals surface area contributed by atoms with Crippen molar-refractivity contribution in [3.05, 3.63) is 54.2 Å². The van der Waals surface area contributed by atoms with Crippen molar-refractivity contribution in [2.75, 3.05) is 12.8 Å². The van der Waals surface area contributed by atoms with Gasteiger partial charge in [0.1, 0.15) is 11.4 Å². The van der Waals surface area contributed by atoms with Gasteiger partial charge in [-0.15, -0.1) is 5.10 Å². The van der Waals surface area contributed by atoms with Crippen LogP contribution in [0.5, 0.6) is 5.75 Å². The first-order valence-electron chi connectivity index (χ1n) is 6.60. The number of ether oxygens (including phenoxy) is 1. The molecule has 0 unspecified atom stereocenters. The Kier molecular flexibility index (Phi) is 3.31. The number of nitrogens with two attached hydrogens (primary N) is 1. The summed E-state index contributed by atoms with van der Waals surface area (Å²) < 4.78 is 6.97. The number of hydrogen-bond donors (Lipinski definition) is 1. The summed E-state index contributed by atoms with van der Waals surface area (Å²) in [4.78, 5) is 0. The standard InChI is InChI=1S/C16H16N4O/c1-11-6-7-13(17)9-16(11)20-10-15(18-19-20)12-4-3-5-14(8-12)21-2/h3-10H,17H2,1-2H3. The fraction of sp³-hybridized carbons (Fsp3) is 0.125. The molecule has 5 heteroatoms. The zero-order chi connectivity index (χ0) is 14.8. The number of anilines is 1. The van der Waals surface area contributed by atoms with Gasteiger partial charge in [0.25, 0.3) is 0 Å². The molecule has 0 aliphatic rings. The summed E-state index contributed by atoms with van der Waals surface area (Å²) in [5.74, 6) is 0.794. The molecule has 3 rings (SSSR count). The fourth-order valence-electron chi connectivity index (χ4n) is 2.17. The van der Waals surface area contributed by atoms with E-state index in [1.54, 1.807) is 11.8 Å². The Bertz CT molecular complexity index is 779. The van der Waals surface area contributed by atoms with E-state index in [0.717, 1.165) is 28.3 Å². The molecule has 0 radical (unpaired) electrons. The fourth-order valence-corrected chi connectivity index (χ4v) is 2.17. The van der Waals surface area contributed by atoms with Crippen molar-refractivity contribution in [2.45, 2.75) is 6.92 Å². The highest BCUT2D eigenvalue weighted by Crippen LogP contribution is 2.23. The van der Waals surface area contributed by atoms with Crippen LogP contribution in [-0.4, -0.2) is 22.1 Å². The molecule has 0 amide bonds. The molecule has 0 saturated carbocycles. The van der Waals surface area contributed by atoms with E-state index in [1.165, 1.54) is 0 Å². The van der Waals surface area contributed by atoms with Gasteiger partial charge in [-0.2, -0.15) is 0 Å². The predicted octanol–water partition coefficient (Wildman–Crippen LogP) is 2.83. The SMILES string of the molecule is COc1cccc(-c2cn(-c3cc(N)ccc3C)nn2)c1. The molecule has 1 aromatic heterocycles. The van der Waals surface area contributed by atoms with Crippen LogP contribution in [-0.2, 0) is 0 Å². The molecule has 5 nitrogen and oxygen atoms in total. The summed E-state index contributed by atoms with van der Waals surface area (Å²) in [6.45, 7) is 2.02. The third-order valence-corrected chi connectivity index (χ3v) is 3.34. The van der Waals surface area contributed by atoms with Gasteiger partial charge in [-0.25, -0.2) is 4.68 Å². The smallest absolute Gasteiger partial charge is 0.119 e. The Labute approximate surface area is 123 Å². The number of nitrogens with zero attached hydrogens (tertiary/aromatic N) is 3. The van der Waals surface area contributed by atoms with Gasteiger partial charge in [0, 0.05) is 11.3 Å². The molecule has 0 saturated heterocycles. The highest BCUT2D eigenvalue weighted by Gasteiger charge is 2.08. The molecule has 21 heavy (non-hydrogen) atoms. The Morgan fingerprint density at radius 1 is 1.14 bits per heavy atom. The van der Waals surface area contributed by atoms with Gasteiger partial charge in [0.15, 0.2) is 0 Å². The van der Waals surface area contributed by atoms with Crippen molar-refractivity contribution in [1.82, 2.24) is 15.0 Å². The highest BCUT2D eigenvalue weighted by atomic mass is 16.5. The summed E-state index contributed by atoms with van der Waals surface area (Å²) in [6, 6.07) is 13.5. The number of aryl methyl sites for hydroxylation is 1. The average Bonchev–Trinajstić information content (AvgIpc) is 2.99. The topological polar surface area (TPSA) is 66.0 Å². The summed E-state index contributed by atoms with van der Waals surface area (Å²) >= 11 is 0. The van der Waals surface area contributed by atoms with E-state index in [4.69, 9.17) is 10.5 Å². The van der Waals surface area contributed by atoms with Gasteiger partial charge in [0.2, 0.25) is 0 Å². The molecule has 0 bridgehead atoms. The Morgan fingerprint density at radius 2 is 2.00 bits per heavy atom. The van der Waals surface area contributed by atoms with Crippen molar-refractivity contribution < 1.29 is 4.74 Å². The maximum absolute atomic E-state index is 5.84. The van der Waals surface area contributed by atoms with E-state index in [1.807, 2.05) is 55.6 Å². The molecule has 0 atom stereocenters. The third kappa shape index (κ3) is 2.58. The van der Waals surface area contributed by atoms with Crippen LogP contribution < -0.4 is 10.5 Å². The molecular weight excluding hydrogens is 264 g/mol. The lowest BCUT2D eigenvalue weighted by molar-refractivity contribution is 0.415. The zero-order valence-electron chi connectivity index (χ0n) is 11.9. The van der Waals surface area contributed by atoms with Gasteiger partial charge in [-0.05, 0) is 36.8 Å². The lowest BCUT2D eigenvalue weighted by atomic mass is 10.1. The van der Waals surface area contributed by atoms with E-state index in [2.05, 4.69) is 10.3 Å². The minimum atomic E-state index is 0.703. The van der Waals surface area contributed by atoms with Crippen molar-refractivity contribution in [1.29, 1.82) is 0 Å². The Balaban J connectivity index is 2.01. The van der Waals surface area contributed by atoms with Crippen LogP contribution in [0.3, 0.4) is 0 Å². The number of aromatic nitrogens is 3. The average molecular weight is 280 g/mol. The molecule has 2 aromatic carbocycles. The van der Waals surface area contributed by atoms with Gasteiger partial charge >= 0.3 is 0 Å². The summed E-state index contributed by atoms with van der Waals surface area (Å²) in [7, 11) is 1.64. The second kappa shape index (κ2) is 5.28. The lowest BCUT2D eigenvalue weighted by Crippen LogP contribution is -1.99. The van der Waals surface area contributed by atoms with Crippen LogP contribution in [0.4, 0.5) is 5.69 Å². The molecule has 0 aliphatic carbocycles. The predicted molar refractivity (Wildman–Crippen MR) is 82.5 cm³/mol. The largest absolute Gasteiger partial charge is 0.497 e. The number of hydrogen-bond acceptors (Lipinski definition) is 4. The van der Waals surface area contributed by atoms with Crippen LogP contribution >= 0.6 is 0 Å². The normalized spacial score (nSPS) is 10.6. The summed E-state index contributed by atoms with van der Waals surface area (Å²) in [5, 5.41) is 8.42. The minimum absolute atomic E-state index is 0.703. The molecule has 2 N–H and O–H groups in total. The quantitative estimate of drug-likeness (QED) is 0.749. The van der Waals surface area contributed by atoms with E-state index >= 15 is 0 Å². The van der Waals surface area contributed by atoms with Gasteiger partial charge in [-0.1, -0.05) is 23.4 Å². The van der Waals surface area contributed by atoms with E-state index < -0.39 is 0 Å². The number of rotatable bonds is 3. The number of nitrogen functional groups attached to an aromatic ring is 1. The van der Waals surface area contributed by atoms with Crippen molar-refractivity contribution in [3.8, 4) is 22.7 Å². The van der Waals surface area contributed by atoms with Crippen LogP contribution in [0.1, 0.15) is 5.56 Å². The van der Waals surface area contributed by atoms with Gasteiger partial charge in [0.05, 0.1) is 19.0 Å². The molecule has 1 heterocycles. The molecule has 0 aliphatic heterocycles. The highest BCUT2D eigenvalue weighted by molar-refractivity contribution is 5.61. The Morgan fingerprint density at radius 3 is 2.81 bits per heavy atom. The summed E-state index contributed by atoms with van der Waals surface area (Å²) in [6.07, 6.45) is 1.89. The molecule has 0 fully saturated rings. The van der Waals surface area contributed by atoms with E-state index in [9.17, 15) is 0 Å². The maximum Gasteiger partial charge on any atom is 0.119 e. The van der Waals surface area contributed by atoms with E-state index in [-0.39, 0.29) is 0 Å². The number of benzene rings is 2. The molecule has 3 aromatic rings. The number of methoxy groups -OCH3 is 1. The molecule has 106 valence electrons. The zero-order valence-corrected chi connectivity index (χ0v) is 11.9. The van der Waals surface area contributed by atoms with Crippen LogP contribution in [0, 0.1) is 6.92 Å². The first kappa shape index (κ1) is 13.2. The Hall–Kier alpha value is -2.82. The minimum Gasteiger partial charge on any atom is -0.497 e. The van der Waals surface area contributed by atoms with Gasteiger partial charge in [-0.3, -0.25) is 0 Å². The maximum atomic E-state index is 5.84. The first-order chi connectivity index (χ1) is 10.2. The first-order valence-corrected chi connectivity index (χ1v) is 6.60. The monoisotopic (exact) mass is 280 g/mol. The van der Waals surface area contributed by atoms with Crippen molar-refractivity contribution >= 4 is 5.69 Å². The van der Waals surface area contributed by atoms with Crippen molar-refractivity contribution in [3.63, 3.8) is 0 Å². The lowest BCUT2D eigenvalue weighted by Gasteiger charge is -2.05. The second-order valence-corrected chi connectivity index (χ2v) is 4.83. The second-order valence-electron chi connectivity index (χ2n) is 4.83. The molecule has 0 spiro atoms. The summed E-state index contributed by atoms with van der Waals surface area (Å²) in [5.41, 5.74) is 10.3. The molecular formula is C16H16N4O. The van der Waals surface area contributed by atoms with Crippen LogP contribution in [0.2, 0.25) is 0 Å². The third-order valence-electron chi connectivity index (χ3n) is 3.34. The van der Waals surface area contributed by atoms with Crippen molar-refractivity contribution in [2.24, 2.45) is 0 Å².